The Morgan fingerprint density at radius 3 is 2.90 bits per heavy atom. The van der Waals surface area contributed by atoms with Crippen molar-refractivity contribution in [1.82, 2.24) is 4.90 Å². The molecule has 0 saturated carbocycles. The summed E-state index contributed by atoms with van der Waals surface area (Å²) in [5.74, 6) is 0. The highest BCUT2D eigenvalue weighted by Gasteiger charge is 2.30. The normalized spacial score (nSPS) is 17.4. The lowest BCUT2D eigenvalue weighted by atomic mass is 9.93. The van der Waals surface area contributed by atoms with Gasteiger partial charge in [0.25, 0.3) is 0 Å². The quantitative estimate of drug-likeness (QED) is 0.895. The Morgan fingerprint density at radius 2 is 2.19 bits per heavy atom. The number of benzene rings is 1. The maximum absolute atomic E-state index is 12.5. The molecule has 2 aromatic rings. The Labute approximate surface area is 128 Å². The molecule has 21 heavy (non-hydrogen) atoms. The second kappa shape index (κ2) is 5.87. The fourth-order valence-electron chi connectivity index (χ4n) is 2.77. The van der Waals surface area contributed by atoms with Crippen molar-refractivity contribution in [2.75, 3.05) is 18.5 Å². The van der Waals surface area contributed by atoms with Gasteiger partial charge in [-0.1, -0.05) is 24.3 Å². The number of nitrogens with zero attached hydrogens (tertiary/aromatic N) is 1. The first kappa shape index (κ1) is 14.1. The van der Waals surface area contributed by atoms with Crippen LogP contribution in [0.2, 0.25) is 0 Å². The topological polar surface area (TPSA) is 52.6 Å². The van der Waals surface area contributed by atoms with E-state index < -0.39 is 0 Å². The van der Waals surface area contributed by atoms with Gasteiger partial charge in [0.05, 0.1) is 17.6 Å². The highest BCUT2D eigenvalue weighted by molar-refractivity contribution is 7.16. The van der Waals surface area contributed by atoms with Crippen LogP contribution in [0.25, 0.3) is 0 Å². The van der Waals surface area contributed by atoms with Gasteiger partial charge in [-0.05, 0) is 36.6 Å². The number of urea groups is 1. The van der Waals surface area contributed by atoms with Crippen LogP contribution in [0.15, 0.2) is 36.4 Å². The summed E-state index contributed by atoms with van der Waals surface area (Å²) >= 11 is 1.55. The summed E-state index contributed by atoms with van der Waals surface area (Å²) in [5, 5.41) is 13.5. The molecule has 1 aliphatic rings. The van der Waals surface area contributed by atoms with E-state index in [1.54, 1.807) is 16.2 Å². The molecule has 2 amide bonds. The maximum Gasteiger partial charge on any atom is 0.323 e. The van der Waals surface area contributed by atoms with E-state index in [2.05, 4.69) is 11.4 Å². The molecule has 110 valence electrons. The summed E-state index contributed by atoms with van der Waals surface area (Å²) in [7, 11) is 0. The van der Waals surface area contributed by atoms with Crippen LogP contribution >= 0.6 is 11.3 Å². The van der Waals surface area contributed by atoms with Crippen LogP contribution in [0, 0.1) is 6.92 Å². The molecule has 2 N–H and O–H groups in total. The molecule has 0 saturated heterocycles. The first-order valence-corrected chi connectivity index (χ1v) is 7.83. The molecule has 5 heteroatoms. The minimum atomic E-state index is -0.268. The predicted molar refractivity (Wildman–Crippen MR) is 84.8 cm³/mol. The average molecular weight is 302 g/mol. The van der Waals surface area contributed by atoms with Crippen LogP contribution in [0.1, 0.15) is 22.0 Å². The van der Waals surface area contributed by atoms with Gasteiger partial charge in [-0.3, -0.25) is 5.32 Å². The molecule has 3 rings (SSSR count). The molecule has 0 bridgehead atoms. The lowest BCUT2D eigenvalue weighted by Gasteiger charge is -2.36. The average Bonchev–Trinajstić information content (AvgIpc) is 2.91. The van der Waals surface area contributed by atoms with Gasteiger partial charge in [0.1, 0.15) is 0 Å². The summed E-state index contributed by atoms with van der Waals surface area (Å²) in [5.41, 5.74) is 2.26. The number of fused-ring (bicyclic) bond motifs is 1. The van der Waals surface area contributed by atoms with Crippen molar-refractivity contribution < 1.29 is 9.90 Å². The van der Waals surface area contributed by atoms with Gasteiger partial charge in [0, 0.05) is 11.4 Å². The number of hydrogen-bond acceptors (Lipinski definition) is 3. The van der Waals surface area contributed by atoms with E-state index in [-0.39, 0.29) is 18.7 Å². The molecule has 1 aromatic carbocycles. The number of nitrogens with one attached hydrogen (secondary N) is 1. The van der Waals surface area contributed by atoms with Crippen molar-refractivity contribution in [3.05, 3.63) is 52.4 Å². The number of aryl methyl sites for hydroxylation is 1. The number of carbonyl (C=O) groups is 1. The van der Waals surface area contributed by atoms with Crippen LogP contribution in [-0.4, -0.2) is 29.2 Å². The summed E-state index contributed by atoms with van der Waals surface area (Å²) in [6, 6.07) is 11.5. The zero-order chi connectivity index (χ0) is 14.8. The Morgan fingerprint density at radius 1 is 1.38 bits per heavy atom. The smallest absolute Gasteiger partial charge is 0.323 e. The van der Waals surface area contributed by atoms with Gasteiger partial charge >= 0.3 is 6.03 Å². The largest absolute Gasteiger partial charge is 0.394 e. The number of thiophene rings is 1. The van der Waals surface area contributed by atoms with Gasteiger partial charge in [0.2, 0.25) is 0 Å². The number of hydrogen-bond donors (Lipinski definition) is 2. The lowest BCUT2D eigenvalue weighted by Crippen LogP contribution is -2.43. The van der Waals surface area contributed by atoms with Crippen LogP contribution in [-0.2, 0) is 6.42 Å². The molecular formula is C16H18N2O2S. The lowest BCUT2D eigenvalue weighted by molar-refractivity contribution is 0.135. The highest BCUT2D eigenvalue weighted by atomic mass is 32.1. The third-order valence-corrected chi connectivity index (χ3v) is 4.73. The van der Waals surface area contributed by atoms with E-state index in [0.29, 0.717) is 6.54 Å². The zero-order valence-corrected chi connectivity index (χ0v) is 12.7. The summed E-state index contributed by atoms with van der Waals surface area (Å²) in [4.78, 5) is 15.3. The predicted octanol–water partition coefficient (Wildman–Crippen LogP) is 3.18. The van der Waals surface area contributed by atoms with Gasteiger partial charge in [-0.15, -0.1) is 11.3 Å². The van der Waals surface area contributed by atoms with Crippen molar-refractivity contribution in [2.45, 2.75) is 19.4 Å². The number of aliphatic hydroxyl groups excluding tert-OH is 1. The van der Waals surface area contributed by atoms with Crippen molar-refractivity contribution in [3.63, 3.8) is 0 Å². The molecule has 0 aliphatic carbocycles. The summed E-state index contributed by atoms with van der Waals surface area (Å²) in [6.45, 7) is 2.57. The van der Waals surface area contributed by atoms with E-state index in [0.717, 1.165) is 21.9 Å². The first-order chi connectivity index (χ1) is 10.2. The van der Waals surface area contributed by atoms with Crippen molar-refractivity contribution in [2.24, 2.45) is 0 Å². The summed E-state index contributed by atoms with van der Waals surface area (Å²) < 4.78 is 0. The fraction of sp³-hybridized carbons (Fsp3) is 0.312. The van der Waals surface area contributed by atoms with Gasteiger partial charge in [-0.2, -0.15) is 0 Å². The molecule has 0 spiro atoms. The Kier molecular flexibility index (Phi) is 3.94. The molecule has 1 aliphatic heterocycles. The van der Waals surface area contributed by atoms with E-state index >= 15 is 0 Å². The zero-order valence-electron chi connectivity index (χ0n) is 11.9. The van der Waals surface area contributed by atoms with Gasteiger partial charge < -0.3 is 10.0 Å². The van der Waals surface area contributed by atoms with E-state index in [1.165, 1.54) is 5.56 Å². The number of aliphatic hydroxyl groups is 1. The highest BCUT2D eigenvalue weighted by Crippen LogP contribution is 2.30. The Balaban J connectivity index is 1.80. The third-order valence-electron chi connectivity index (χ3n) is 3.82. The first-order valence-electron chi connectivity index (χ1n) is 7.02. The second-order valence-corrected chi connectivity index (χ2v) is 6.47. The Hall–Kier alpha value is -1.85. The molecule has 2 heterocycles. The van der Waals surface area contributed by atoms with Crippen LogP contribution in [0.4, 0.5) is 9.80 Å². The molecule has 1 unspecified atom stereocenters. The van der Waals surface area contributed by atoms with Crippen molar-refractivity contribution in [1.29, 1.82) is 0 Å². The minimum absolute atomic E-state index is 0.0616. The Bertz CT molecular complexity index is 653. The molecule has 0 fully saturated rings. The number of carbonyl (C=O) groups excluding carboxylic acids is 1. The van der Waals surface area contributed by atoms with Crippen LogP contribution in [0.5, 0.6) is 0 Å². The number of amides is 2. The third kappa shape index (κ3) is 2.80. The van der Waals surface area contributed by atoms with Crippen LogP contribution in [0.3, 0.4) is 0 Å². The van der Waals surface area contributed by atoms with Gasteiger partial charge in [0.15, 0.2) is 0 Å². The summed E-state index contributed by atoms with van der Waals surface area (Å²) in [6.07, 6.45) is 0.823. The van der Waals surface area contributed by atoms with Crippen molar-refractivity contribution in [3.8, 4) is 0 Å². The monoisotopic (exact) mass is 302 g/mol. The van der Waals surface area contributed by atoms with Crippen LogP contribution < -0.4 is 5.32 Å². The SMILES string of the molecule is Cc1ccc(NC(=O)N2CCc3ccccc3C2CO)s1. The number of anilines is 1. The van der Waals surface area contributed by atoms with E-state index in [1.807, 2.05) is 37.3 Å². The molecule has 1 atom stereocenters. The fourth-order valence-corrected chi connectivity index (χ4v) is 3.53. The molecule has 4 nitrogen and oxygen atoms in total. The van der Waals surface area contributed by atoms with E-state index in [4.69, 9.17) is 0 Å². The second-order valence-electron chi connectivity index (χ2n) is 5.18. The molecule has 0 radical (unpaired) electrons. The minimum Gasteiger partial charge on any atom is -0.394 e. The molecular weight excluding hydrogens is 284 g/mol. The number of rotatable bonds is 2. The van der Waals surface area contributed by atoms with E-state index in [9.17, 15) is 9.90 Å². The van der Waals surface area contributed by atoms with Crippen molar-refractivity contribution >= 4 is 22.4 Å². The molecule has 1 aromatic heterocycles. The maximum atomic E-state index is 12.5. The standard InChI is InChI=1S/C16H18N2O2S/c1-11-6-7-15(21-11)17-16(20)18-9-8-12-4-2-3-5-13(12)14(18)10-19/h2-7,14,19H,8-10H2,1H3,(H,17,20). The van der Waals surface area contributed by atoms with Gasteiger partial charge in [-0.25, -0.2) is 4.79 Å².